The molecule has 0 spiro atoms. The summed E-state index contributed by atoms with van der Waals surface area (Å²) >= 11 is 2.27. The first-order chi connectivity index (χ1) is 11.7. The summed E-state index contributed by atoms with van der Waals surface area (Å²) in [6.45, 7) is 11.0. The van der Waals surface area contributed by atoms with E-state index >= 15 is 0 Å². The second-order valence-corrected chi connectivity index (χ2v) is 9.34. The monoisotopic (exact) mass is 445 g/mol. The number of halogens is 1. The van der Waals surface area contributed by atoms with Gasteiger partial charge < -0.3 is 0 Å². The van der Waals surface area contributed by atoms with Crippen LogP contribution in [0.25, 0.3) is 0 Å². The summed E-state index contributed by atoms with van der Waals surface area (Å²) in [6, 6.07) is 12.0. The lowest BCUT2D eigenvalue weighted by Gasteiger charge is -2.37. The topological polar surface area (TPSA) is 29.4 Å². The van der Waals surface area contributed by atoms with Gasteiger partial charge in [-0.25, -0.2) is 0 Å². The van der Waals surface area contributed by atoms with Crippen LogP contribution in [0.3, 0.4) is 0 Å². The van der Waals surface area contributed by atoms with Gasteiger partial charge in [-0.3, -0.25) is 0 Å². The molecular weight excluding hydrogens is 421 g/mol. The van der Waals surface area contributed by atoms with E-state index in [1.165, 1.54) is 11.1 Å². The minimum absolute atomic E-state index is 0.00110. The molecule has 1 unspecified atom stereocenters. The zero-order chi connectivity index (χ0) is 18.4. The highest BCUT2D eigenvalue weighted by atomic mass is 127. The number of aryl methyl sites for hydroxylation is 1. The van der Waals surface area contributed by atoms with Gasteiger partial charge in [0.1, 0.15) is 6.04 Å². The smallest absolute Gasteiger partial charge is 0.142 e. The fourth-order valence-corrected chi connectivity index (χ4v) is 3.98. The lowest BCUT2D eigenvalue weighted by atomic mass is 9.67. The van der Waals surface area contributed by atoms with E-state index in [9.17, 15) is 4.91 Å². The highest BCUT2D eigenvalue weighted by Gasteiger charge is 2.34. The average molecular weight is 445 g/mol. The van der Waals surface area contributed by atoms with E-state index in [4.69, 9.17) is 0 Å². The Morgan fingerprint density at radius 1 is 0.920 bits per heavy atom. The summed E-state index contributed by atoms with van der Waals surface area (Å²) in [4.78, 5) is 11.7. The molecule has 2 aromatic carbocycles. The van der Waals surface area contributed by atoms with E-state index in [0.717, 1.165) is 20.3 Å². The first kappa shape index (κ1) is 18.3. The largest absolute Gasteiger partial charge is 0.150 e. The number of allylic oxidation sites excluding steroid dienone is 2. The Labute approximate surface area is 163 Å². The van der Waals surface area contributed by atoms with Crippen LogP contribution in [0.1, 0.15) is 61.6 Å². The third-order valence-electron chi connectivity index (χ3n) is 5.30. The van der Waals surface area contributed by atoms with E-state index in [0.29, 0.717) is 0 Å². The number of fused-ring (bicyclic) bond motifs is 1. The molecule has 0 saturated heterocycles. The maximum Gasteiger partial charge on any atom is 0.142 e. The molecule has 1 atom stereocenters. The predicted molar refractivity (Wildman–Crippen MR) is 113 cm³/mol. The third-order valence-corrected chi connectivity index (χ3v) is 6.02. The lowest BCUT2D eigenvalue weighted by molar-refractivity contribution is 0.561. The number of rotatable bonds is 3. The molecule has 130 valence electrons. The zero-order valence-corrected chi connectivity index (χ0v) is 17.6. The van der Waals surface area contributed by atoms with Crippen molar-refractivity contribution in [3.63, 3.8) is 0 Å². The van der Waals surface area contributed by atoms with Crippen LogP contribution < -0.4 is 0 Å². The molecule has 0 heterocycles. The first-order valence-corrected chi connectivity index (χ1v) is 9.67. The summed E-state index contributed by atoms with van der Waals surface area (Å²) < 4.78 is 1.15. The molecule has 3 rings (SSSR count). The Bertz CT molecular complexity index is 847. The molecule has 0 fully saturated rings. The molecule has 0 aliphatic heterocycles. The molecule has 0 saturated carbocycles. The second-order valence-electron chi connectivity index (χ2n) is 8.09. The Hall–Kier alpha value is -1.49. The van der Waals surface area contributed by atoms with Crippen LogP contribution in [0.4, 0.5) is 0 Å². The van der Waals surface area contributed by atoms with Crippen molar-refractivity contribution < 1.29 is 0 Å². The number of hydrogen-bond donors (Lipinski definition) is 0. The number of benzene rings is 2. The Morgan fingerprint density at radius 3 is 1.96 bits per heavy atom. The SMILES string of the molecule is Cc1cc2c(cc1C(N=O)c1ccc(I)cc1)C(C)(C)C=CC2(C)C. The van der Waals surface area contributed by atoms with Crippen molar-refractivity contribution in [2.45, 2.75) is 51.5 Å². The highest BCUT2D eigenvalue weighted by Crippen LogP contribution is 2.43. The van der Waals surface area contributed by atoms with Crippen molar-refractivity contribution in [3.05, 3.63) is 84.8 Å². The van der Waals surface area contributed by atoms with Gasteiger partial charge in [0.05, 0.1) is 0 Å². The summed E-state index contributed by atoms with van der Waals surface area (Å²) in [6.07, 6.45) is 4.58. The van der Waals surface area contributed by atoms with Gasteiger partial charge in [-0.1, -0.05) is 69.3 Å². The van der Waals surface area contributed by atoms with Gasteiger partial charge in [0.2, 0.25) is 0 Å². The minimum Gasteiger partial charge on any atom is -0.150 e. The van der Waals surface area contributed by atoms with Crippen molar-refractivity contribution >= 4 is 22.6 Å². The van der Waals surface area contributed by atoms with Gasteiger partial charge in [-0.2, -0.15) is 0 Å². The Morgan fingerprint density at radius 2 is 1.44 bits per heavy atom. The van der Waals surface area contributed by atoms with E-state index in [2.05, 4.69) is 86.7 Å². The van der Waals surface area contributed by atoms with E-state index in [-0.39, 0.29) is 10.8 Å². The van der Waals surface area contributed by atoms with Gasteiger partial charge in [0.15, 0.2) is 0 Å². The molecule has 0 aromatic heterocycles. The fourth-order valence-electron chi connectivity index (χ4n) is 3.62. The van der Waals surface area contributed by atoms with Crippen LogP contribution in [0, 0.1) is 15.4 Å². The molecule has 1 aliphatic carbocycles. The Balaban J connectivity index is 2.18. The van der Waals surface area contributed by atoms with Crippen molar-refractivity contribution in [3.8, 4) is 0 Å². The van der Waals surface area contributed by atoms with E-state index < -0.39 is 6.04 Å². The molecule has 0 amide bonds. The third kappa shape index (κ3) is 3.31. The maximum absolute atomic E-state index is 11.7. The molecule has 1 aliphatic rings. The van der Waals surface area contributed by atoms with E-state index in [1.807, 2.05) is 24.3 Å². The quantitative estimate of drug-likeness (QED) is 0.298. The summed E-state index contributed by atoms with van der Waals surface area (Å²) in [5, 5.41) is 3.48. The summed E-state index contributed by atoms with van der Waals surface area (Å²) in [5.41, 5.74) is 5.67. The average Bonchev–Trinajstić information content (AvgIpc) is 2.55. The van der Waals surface area contributed by atoms with Gasteiger partial charge >= 0.3 is 0 Å². The Kier molecular flexibility index (Phi) is 4.65. The van der Waals surface area contributed by atoms with Gasteiger partial charge in [0.25, 0.3) is 0 Å². The van der Waals surface area contributed by atoms with Crippen LogP contribution in [0.2, 0.25) is 0 Å². The molecule has 3 heteroatoms. The number of hydrogen-bond acceptors (Lipinski definition) is 2. The second kappa shape index (κ2) is 6.35. The number of nitroso groups, excluding NO2 is 1. The van der Waals surface area contributed by atoms with Crippen LogP contribution >= 0.6 is 22.6 Å². The molecule has 2 aromatic rings. The van der Waals surface area contributed by atoms with Crippen molar-refractivity contribution in [2.24, 2.45) is 5.18 Å². The van der Waals surface area contributed by atoms with Crippen molar-refractivity contribution in [2.75, 3.05) is 0 Å². The fraction of sp³-hybridized carbons (Fsp3) is 0.364. The standard InChI is InChI=1S/C22H24INO/c1-14-12-18-19(22(4,5)11-10-21(18,2)3)13-17(14)20(24-25)15-6-8-16(23)9-7-15/h6-13,20H,1-5H3. The molecular formula is C22H24INO. The molecule has 0 N–H and O–H groups in total. The van der Waals surface area contributed by atoms with Gasteiger partial charge in [-0.15, -0.1) is 4.91 Å². The summed E-state index contributed by atoms with van der Waals surface area (Å²) in [7, 11) is 0. The van der Waals surface area contributed by atoms with Crippen molar-refractivity contribution in [1.82, 2.24) is 0 Å². The van der Waals surface area contributed by atoms with Crippen LogP contribution in [-0.2, 0) is 10.8 Å². The maximum atomic E-state index is 11.7. The normalized spacial score (nSPS) is 18.5. The first-order valence-electron chi connectivity index (χ1n) is 8.59. The summed E-state index contributed by atoms with van der Waals surface area (Å²) in [5.74, 6) is 0. The van der Waals surface area contributed by atoms with Crippen LogP contribution in [0.15, 0.2) is 53.7 Å². The number of nitrogens with zero attached hydrogens (tertiary/aromatic N) is 1. The van der Waals surface area contributed by atoms with Gasteiger partial charge in [0, 0.05) is 14.4 Å². The molecule has 25 heavy (non-hydrogen) atoms. The van der Waals surface area contributed by atoms with Crippen molar-refractivity contribution in [1.29, 1.82) is 0 Å². The predicted octanol–water partition coefficient (Wildman–Crippen LogP) is 6.58. The van der Waals surface area contributed by atoms with Crippen LogP contribution in [-0.4, -0.2) is 0 Å². The molecule has 0 radical (unpaired) electrons. The van der Waals surface area contributed by atoms with Gasteiger partial charge in [-0.05, 0) is 69.5 Å². The lowest BCUT2D eigenvalue weighted by Crippen LogP contribution is -2.29. The zero-order valence-electron chi connectivity index (χ0n) is 15.4. The highest BCUT2D eigenvalue weighted by molar-refractivity contribution is 14.1. The molecule has 2 nitrogen and oxygen atoms in total. The minimum atomic E-state index is -0.466. The van der Waals surface area contributed by atoms with E-state index in [1.54, 1.807) is 0 Å². The molecule has 0 bridgehead atoms. The van der Waals surface area contributed by atoms with Crippen LogP contribution in [0.5, 0.6) is 0 Å².